The van der Waals surface area contributed by atoms with Crippen molar-refractivity contribution in [3.8, 4) is 11.5 Å². The van der Waals surface area contributed by atoms with Crippen molar-refractivity contribution in [3.05, 3.63) is 93.8 Å². The number of nitro benzene ring substituents is 1. The number of hydrogen-bond acceptors (Lipinski definition) is 8. The predicted molar refractivity (Wildman–Crippen MR) is 116 cm³/mol. The number of esters is 2. The smallest absolute Gasteiger partial charge is 0.355 e. The lowest BCUT2D eigenvalue weighted by Crippen LogP contribution is -2.27. The van der Waals surface area contributed by atoms with Gasteiger partial charge in [0, 0.05) is 18.3 Å². The van der Waals surface area contributed by atoms with Gasteiger partial charge in [-0.15, -0.1) is 0 Å². The van der Waals surface area contributed by atoms with E-state index in [0.717, 1.165) is 5.56 Å². The van der Waals surface area contributed by atoms with Crippen LogP contribution in [0, 0.1) is 17.0 Å². The zero-order valence-corrected chi connectivity index (χ0v) is 17.6. The van der Waals surface area contributed by atoms with Gasteiger partial charge in [0.15, 0.2) is 0 Å². The van der Waals surface area contributed by atoms with Crippen LogP contribution in [-0.4, -0.2) is 31.1 Å². The Labute approximate surface area is 184 Å². The highest BCUT2D eigenvalue weighted by Crippen LogP contribution is 2.35. The van der Waals surface area contributed by atoms with Gasteiger partial charge in [0.1, 0.15) is 17.2 Å². The Kier molecular flexibility index (Phi) is 6.69. The minimum Gasteiger partial charge on any atom is -0.465 e. The number of methoxy groups -OCH3 is 2. The van der Waals surface area contributed by atoms with Gasteiger partial charge in [0.25, 0.3) is 5.69 Å². The van der Waals surface area contributed by atoms with Crippen LogP contribution in [0.4, 0.5) is 11.4 Å². The summed E-state index contributed by atoms with van der Waals surface area (Å²) in [5, 5.41) is 11.6. The van der Waals surface area contributed by atoms with Gasteiger partial charge in [0.2, 0.25) is 0 Å². The molecule has 0 saturated carbocycles. The van der Waals surface area contributed by atoms with Crippen LogP contribution in [0.5, 0.6) is 11.5 Å². The van der Waals surface area contributed by atoms with E-state index >= 15 is 0 Å². The van der Waals surface area contributed by atoms with Gasteiger partial charge in [-0.25, -0.2) is 9.59 Å². The fourth-order valence-corrected chi connectivity index (χ4v) is 3.03. The normalized spacial score (nSPS) is 12.9. The van der Waals surface area contributed by atoms with Crippen LogP contribution >= 0.6 is 0 Å². The lowest BCUT2D eigenvalue weighted by molar-refractivity contribution is -0.384. The van der Waals surface area contributed by atoms with Crippen LogP contribution in [0.25, 0.3) is 0 Å². The van der Waals surface area contributed by atoms with E-state index < -0.39 is 16.9 Å². The number of carbonyl (C=O) groups is 2. The third-order valence-electron chi connectivity index (χ3n) is 4.58. The van der Waals surface area contributed by atoms with Crippen molar-refractivity contribution in [3.63, 3.8) is 0 Å². The third-order valence-corrected chi connectivity index (χ3v) is 4.58. The summed E-state index contributed by atoms with van der Waals surface area (Å²) in [6, 6.07) is 11.3. The van der Waals surface area contributed by atoms with E-state index in [2.05, 4.69) is 0 Å². The first-order chi connectivity index (χ1) is 15.3. The molecule has 0 aromatic heterocycles. The largest absolute Gasteiger partial charge is 0.465 e. The standard InChI is InChI=1S/C23H20N2O7/c1-15-8-4-5-10-20(15)32-18-13-16(12-17(14-18)25(28)29)24-11-7-6-9-19(22(26)30-2)21(24)23(27)31-3/h4-14H,1-3H3. The van der Waals surface area contributed by atoms with Crippen molar-refractivity contribution in [2.45, 2.75) is 6.92 Å². The molecule has 1 aliphatic heterocycles. The highest BCUT2D eigenvalue weighted by molar-refractivity contribution is 6.05. The summed E-state index contributed by atoms with van der Waals surface area (Å²) in [7, 11) is 2.35. The Morgan fingerprint density at radius 1 is 1.00 bits per heavy atom. The number of benzene rings is 2. The summed E-state index contributed by atoms with van der Waals surface area (Å²) in [6.45, 7) is 1.84. The van der Waals surface area contributed by atoms with Crippen molar-refractivity contribution in [2.75, 3.05) is 19.1 Å². The number of aryl methyl sites for hydroxylation is 1. The molecular weight excluding hydrogens is 416 g/mol. The van der Waals surface area contributed by atoms with Crippen LogP contribution in [0.1, 0.15) is 5.56 Å². The van der Waals surface area contributed by atoms with E-state index in [9.17, 15) is 19.7 Å². The molecule has 0 bridgehead atoms. The average molecular weight is 436 g/mol. The highest BCUT2D eigenvalue weighted by Gasteiger charge is 2.28. The van der Waals surface area contributed by atoms with E-state index in [-0.39, 0.29) is 28.4 Å². The Morgan fingerprint density at radius 3 is 2.38 bits per heavy atom. The molecule has 0 amide bonds. The van der Waals surface area contributed by atoms with E-state index in [1.807, 2.05) is 19.1 Å². The predicted octanol–water partition coefficient (Wildman–Crippen LogP) is 4.19. The number of para-hydroxylation sites is 1. The maximum absolute atomic E-state index is 12.6. The summed E-state index contributed by atoms with van der Waals surface area (Å²) in [5.74, 6) is -0.893. The number of rotatable bonds is 6. The lowest BCUT2D eigenvalue weighted by atomic mass is 10.1. The Morgan fingerprint density at radius 2 is 1.72 bits per heavy atom. The summed E-state index contributed by atoms with van der Waals surface area (Å²) in [4.78, 5) is 37.3. The second-order valence-electron chi connectivity index (χ2n) is 6.63. The highest BCUT2D eigenvalue weighted by atomic mass is 16.6. The Hall–Kier alpha value is -4.40. The number of nitrogens with zero attached hydrogens (tertiary/aromatic N) is 2. The molecule has 0 saturated heterocycles. The molecule has 0 unspecified atom stereocenters. The molecule has 164 valence electrons. The molecular formula is C23H20N2O7. The molecule has 0 fully saturated rings. The number of non-ortho nitro benzene ring substituents is 1. The first-order valence-corrected chi connectivity index (χ1v) is 9.43. The average Bonchev–Trinajstić information content (AvgIpc) is 3.02. The van der Waals surface area contributed by atoms with Gasteiger partial charge in [-0.3, -0.25) is 10.1 Å². The molecule has 0 atom stereocenters. The number of hydrogen-bond donors (Lipinski definition) is 0. The van der Waals surface area contributed by atoms with Crippen molar-refractivity contribution < 1.29 is 28.7 Å². The number of ether oxygens (including phenoxy) is 3. The SMILES string of the molecule is COC(=O)C1=C(C(=O)OC)N(c2cc(Oc3ccccc3C)cc([N+](=O)[O-])c2)C=CC=C1. The molecule has 1 heterocycles. The van der Waals surface area contributed by atoms with Gasteiger partial charge in [-0.05, 0) is 30.7 Å². The molecule has 9 nitrogen and oxygen atoms in total. The molecule has 0 N–H and O–H groups in total. The summed E-state index contributed by atoms with van der Waals surface area (Å²) >= 11 is 0. The molecule has 3 rings (SSSR count). The zero-order valence-electron chi connectivity index (χ0n) is 17.6. The van der Waals surface area contributed by atoms with E-state index in [0.29, 0.717) is 5.75 Å². The molecule has 0 radical (unpaired) electrons. The summed E-state index contributed by atoms with van der Waals surface area (Å²) < 4.78 is 15.5. The third kappa shape index (κ3) is 4.67. The molecule has 9 heteroatoms. The zero-order chi connectivity index (χ0) is 23.3. The summed E-state index contributed by atoms with van der Waals surface area (Å²) in [6.07, 6.45) is 5.99. The fourth-order valence-electron chi connectivity index (χ4n) is 3.03. The number of anilines is 1. The van der Waals surface area contributed by atoms with Crippen LogP contribution in [0.3, 0.4) is 0 Å². The van der Waals surface area contributed by atoms with Gasteiger partial charge in [-0.1, -0.05) is 24.3 Å². The number of nitro groups is 1. The van der Waals surface area contributed by atoms with Crippen LogP contribution in [-0.2, 0) is 19.1 Å². The van der Waals surface area contributed by atoms with Crippen molar-refractivity contribution in [1.29, 1.82) is 0 Å². The second kappa shape index (κ2) is 9.61. The Bertz CT molecular complexity index is 1160. The van der Waals surface area contributed by atoms with Gasteiger partial charge < -0.3 is 19.1 Å². The molecule has 1 aliphatic rings. The molecule has 0 spiro atoms. The quantitative estimate of drug-likeness (QED) is 0.377. The van der Waals surface area contributed by atoms with Crippen molar-refractivity contribution in [2.24, 2.45) is 0 Å². The number of allylic oxidation sites excluding steroid dienone is 2. The molecule has 2 aromatic rings. The maximum Gasteiger partial charge on any atom is 0.355 e. The topological polar surface area (TPSA) is 108 Å². The Balaban J connectivity index is 2.18. The van der Waals surface area contributed by atoms with E-state index in [4.69, 9.17) is 14.2 Å². The lowest BCUT2D eigenvalue weighted by Gasteiger charge is -2.23. The minimum absolute atomic E-state index is 0.0720. The number of carbonyl (C=O) groups excluding carboxylic acids is 2. The molecule has 2 aromatic carbocycles. The molecule has 0 aliphatic carbocycles. The minimum atomic E-state index is -0.825. The van der Waals surface area contributed by atoms with E-state index in [1.54, 1.807) is 18.2 Å². The van der Waals surface area contributed by atoms with Crippen LogP contribution < -0.4 is 9.64 Å². The first-order valence-electron chi connectivity index (χ1n) is 9.43. The van der Waals surface area contributed by atoms with E-state index in [1.165, 1.54) is 55.7 Å². The van der Waals surface area contributed by atoms with Gasteiger partial charge in [-0.2, -0.15) is 0 Å². The van der Waals surface area contributed by atoms with Gasteiger partial charge >= 0.3 is 11.9 Å². The monoisotopic (exact) mass is 436 g/mol. The summed E-state index contributed by atoms with van der Waals surface area (Å²) in [5.41, 5.74) is 0.552. The maximum atomic E-state index is 12.6. The van der Waals surface area contributed by atoms with Gasteiger partial charge in [0.05, 0.1) is 36.5 Å². The second-order valence-corrected chi connectivity index (χ2v) is 6.63. The van der Waals surface area contributed by atoms with Crippen LogP contribution in [0.15, 0.2) is 78.2 Å². The fraction of sp³-hybridized carbons (Fsp3) is 0.130. The van der Waals surface area contributed by atoms with Crippen LogP contribution in [0.2, 0.25) is 0 Å². The first kappa shape index (κ1) is 22.3. The van der Waals surface area contributed by atoms with Crippen molar-refractivity contribution in [1.82, 2.24) is 0 Å². The van der Waals surface area contributed by atoms with Crippen molar-refractivity contribution >= 4 is 23.3 Å². The molecule has 32 heavy (non-hydrogen) atoms.